The molecule has 7 nitrogen and oxygen atoms in total. The zero-order valence-corrected chi connectivity index (χ0v) is 25.2. The number of pyridine rings is 1. The van der Waals surface area contributed by atoms with Crippen LogP contribution in [-0.2, 0) is 28.4 Å². The Hall–Kier alpha value is -4.14. The zero-order chi connectivity index (χ0) is 34.0. The second-order valence-corrected chi connectivity index (χ2v) is 11.0. The summed E-state index contributed by atoms with van der Waals surface area (Å²) < 4.78 is 122. The average Bonchev–Trinajstić information content (AvgIpc) is 3.09. The number of rotatable bonds is 5. The van der Waals surface area contributed by atoms with E-state index < -0.39 is 81.8 Å². The fourth-order valence-electron chi connectivity index (χ4n) is 5.41. The number of nitrogens with one attached hydrogen (secondary N) is 3. The van der Waals surface area contributed by atoms with Crippen molar-refractivity contribution < 1.29 is 44.7 Å². The number of carbonyl (C=O) groups is 1. The number of nitrogen functional groups attached to an aromatic ring is 1. The van der Waals surface area contributed by atoms with Gasteiger partial charge in [-0.1, -0.05) is 12.5 Å². The molecule has 0 spiro atoms. The van der Waals surface area contributed by atoms with Gasteiger partial charge in [0.05, 0.1) is 28.6 Å². The molecule has 1 atom stereocenters. The van der Waals surface area contributed by atoms with Crippen molar-refractivity contribution in [3.63, 3.8) is 0 Å². The second-order valence-electron chi connectivity index (χ2n) is 11.0. The van der Waals surface area contributed by atoms with Crippen LogP contribution in [-0.4, -0.2) is 36.6 Å². The highest BCUT2D eigenvalue weighted by Crippen LogP contribution is 2.47. The minimum Gasteiger partial charge on any atom is -0.494 e. The fourth-order valence-corrected chi connectivity index (χ4v) is 5.41. The Morgan fingerprint density at radius 2 is 1.76 bits per heavy atom. The molecule has 0 saturated carbocycles. The molecule has 5 N–H and O–H groups in total. The van der Waals surface area contributed by atoms with Gasteiger partial charge in [0.15, 0.2) is 5.83 Å². The molecule has 0 radical (unpaired) electrons. The largest absolute Gasteiger partial charge is 0.494 e. The van der Waals surface area contributed by atoms with Crippen molar-refractivity contribution >= 4 is 17.2 Å². The summed E-state index contributed by atoms with van der Waals surface area (Å²) in [5.74, 6) is -3.52. The van der Waals surface area contributed by atoms with E-state index in [1.54, 1.807) is 13.8 Å². The normalized spacial score (nSPS) is 18.8. The zero-order valence-electron chi connectivity index (χ0n) is 25.2. The summed E-state index contributed by atoms with van der Waals surface area (Å²) in [5, 5.41) is 8.42. The first-order valence-corrected chi connectivity index (χ1v) is 14.5. The molecule has 46 heavy (non-hydrogen) atoms. The average molecular weight is 660 g/mol. The molecule has 1 aromatic carbocycles. The number of anilines is 1. The van der Waals surface area contributed by atoms with Crippen molar-refractivity contribution in [2.75, 3.05) is 25.4 Å². The van der Waals surface area contributed by atoms with Crippen LogP contribution < -0.4 is 21.7 Å². The molecule has 2 aliphatic rings. The van der Waals surface area contributed by atoms with Gasteiger partial charge in [0, 0.05) is 44.0 Å². The van der Waals surface area contributed by atoms with Gasteiger partial charge in [-0.05, 0) is 62.1 Å². The standard InChI is InChI=1S/C31H33F8N5O2/c1-4-18-10-22-24(29(45)43-8-7-41-6-5-15(2)46-22)28(44-13-17-9-19(14-42-12-17)30(34,35)36)27(33)23(18)20-11-21(40)26(32)16(3)25(20)31(37,38)39/h9,11-12,14-15,41,44H,4-8,10,13,40H2,1-3H3,(H,43,45)/t15-/m0/s1. The van der Waals surface area contributed by atoms with Gasteiger partial charge in [-0.2, -0.15) is 26.3 Å². The van der Waals surface area contributed by atoms with E-state index in [-0.39, 0.29) is 41.9 Å². The molecule has 2 heterocycles. The number of allylic oxidation sites excluding steroid dienone is 3. The fraction of sp³-hybridized carbons (Fsp3) is 0.419. The highest BCUT2D eigenvalue weighted by molar-refractivity contribution is 6.00. The highest BCUT2D eigenvalue weighted by Gasteiger charge is 2.41. The molecular weight excluding hydrogens is 626 g/mol. The Morgan fingerprint density at radius 3 is 2.41 bits per heavy atom. The van der Waals surface area contributed by atoms with Gasteiger partial charge in [0.2, 0.25) is 0 Å². The van der Waals surface area contributed by atoms with Crippen LogP contribution in [0.3, 0.4) is 0 Å². The van der Waals surface area contributed by atoms with Gasteiger partial charge < -0.3 is 26.4 Å². The molecule has 1 aliphatic heterocycles. The van der Waals surface area contributed by atoms with Gasteiger partial charge in [0.25, 0.3) is 5.91 Å². The van der Waals surface area contributed by atoms with Crippen LogP contribution in [0.25, 0.3) is 5.57 Å². The number of aromatic nitrogens is 1. The van der Waals surface area contributed by atoms with Crippen molar-refractivity contribution in [3.05, 3.63) is 86.6 Å². The number of hydrogen-bond donors (Lipinski definition) is 4. The van der Waals surface area contributed by atoms with Crippen LogP contribution in [0.2, 0.25) is 0 Å². The maximum Gasteiger partial charge on any atom is 0.417 e. The van der Waals surface area contributed by atoms with Crippen LogP contribution in [0.15, 0.2) is 53.0 Å². The van der Waals surface area contributed by atoms with Gasteiger partial charge in [0.1, 0.15) is 17.1 Å². The molecule has 15 heteroatoms. The molecule has 4 rings (SSSR count). The molecule has 250 valence electrons. The predicted molar refractivity (Wildman–Crippen MR) is 155 cm³/mol. The first-order chi connectivity index (χ1) is 21.5. The summed E-state index contributed by atoms with van der Waals surface area (Å²) in [5.41, 5.74) is -0.579. The molecule has 0 unspecified atom stereocenters. The number of halogens is 8. The first kappa shape index (κ1) is 34.7. The topological polar surface area (TPSA) is 101 Å². The number of nitrogens with zero attached hydrogens (tertiary/aromatic N) is 1. The van der Waals surface area contributed by atoms with Crippen molar-refractivity contribution in [2.45, 2.75) is 65.0 Å². The van der Waals surface area contributed by atoms with E-state index in [0.717, 1.165) is 19.2 Å². The number of ether oxygens (including phenoxy) is 1. The SMILES string of the molecule is CCC1=C(c2cc(N)c(F)c(C)c2C(F)(F)F)C(F)=C(NCc2cncc(C(F)(F)F)c2)C2=C(C1)O[C@@H](C)CCNCCNC2=O. The van der Waals surface area contributed by atoms with Crippen molar-refractivity contribution in [2.24, 2.45) is 0 Å². The predicted octanol–water partition coefficient (Wildman–Crippen LogP) is 6.46. The van der Waals surface area contributed by atoms with Crippen molar-refractivity contribution in [1.29, 1.82) is 0 Å². The van der Waals surface area contributed by atoms with E-state index in [9.17, 15) is 35.5 Å². The molecule has 1 amide bonds. The van der Waals surface area contributed by atoms with E-state index in [2.05, 4.69) is 20.9 Å². The second kappa shape index (κ2) is 13.7. The van der Waals surface area contributed by atoms with E-state index >= 15 is 4.39 Å². The lowest BCUT2D eigenvalue weighted by Gasteiger charge is -2.22. The molecule has 2 aromatic rings. The summed E-state index contributed by atoms with van der Waals surface area (Å²) in [7, 11) is 0. The van der Waals surface area contributed by atoms with Crippen LogP contribution in [0.4, 0.5) is 40.8 Å². The third kappa shape index (κ3) is 7.45. The Balaban J connectivity index is 2.01. The third-order valence-corrected chi connectivity index (χ3v) is 7.68. The number of benzene rings is 1. The van der Waals surface area contributed by atoms with Crippen LogP contribution in [0.5, 0.6) is 0 Å². The lowest BCUT2D eigenvalue weighted by molar-refractivity contribution is -0.139. The Morgan fingerprint density at radius 1 is 1.04 bits per heavy atom. The molecule has 0 saturated heterocycles. The summed E-state index contributed by atoms with van der Waals surface area (Å²) >= 11 is 0. The van der Waals surface area contributed by atoms with Crippen LogP contribution in [0, 0.1) is 12.7 Å². The number of nitrogens with two attached hydrogens (primary N) is 1. The maximum atomic E-state index is 17.1. The number of amides is 1. The summed E-state index contributed by atoms with van der Waals surface area (Å²) in [6.45, 7) is 4.59. The number of alkyl halides is 6. The lowest BCUT2D eigenvalue weighted by atomic mass is 9.88. The molecule has 0 bridgehead atoms. The minimum atomic E-state index is -5.14. The van der Waals surface area contributed by atoms with Gasteiger partial charge in [-0.3, -0.25) is 9.78 Å². The van der Waals surface area contributed by atoms with Gasteiger partial charge in [-0.25, -0.2) is 8.78 Å². The molecule has 1 aromatic heterocycles. The van der Waals surface area contributed by atoms with E-state index in [1.165, 1.54) is 0 Å². The van der Waals surface area contributed by atoms with Crippen molar-refractivity contribution in [1.82, 2.24) is 20.9 Å². The van der Waals surface area contributed by atoms with Crippen LogP contribution in [0.1, 0.15) is 60.9 Å². The first-order valence-electron chi connectivity index (χ1n) is 14.5. The molecule has 0 fully saturated rings. The number of carbonyl (C=O) groups excluding carboxylic acids is 1. The highest BCUT2D eigenvalue weighted by atomic mass is 19.4. The number of hydrogen-bond acceptors (Lipinski definition) is 6. The molecular formula is C31H33F8N5O2. The van der Waals surface area contributed by atoms with Crippen molar-refractivity contribution in [3.8, 4) is 0 Å². The Kier molecular flexibility index (Phi) is 10.3. The monoisotopic (exact) mass is 659 g/mol. The van der Waals surface area contributed by atoms with E-state index in [0.29, 0.717) is 31.8 Å². The lowest BCUT2D eigenvalue weighted by Crippen LogP contribution is -2.35. The van der Waals surface area contributed by atoms with Crippen LogP contribution >= 0.6 is 0 Å². The maximum absolute atomic E-state index is 17.1. The van der Waals surface area contributed by atoms with Gasteiger partial charge >= 0.3 is 12.4 Å². The summed E-state index contributed by atoms with van der Waals surface area (Å²) in [4.78, 5) is 17.3. The van der Waals surface area contributed by atoms with E-state index in [1.807, 2.05) is 0 Å². The summed E-state index contributed by atoms with van der Waals surface area (Å²) in [6.07, 6.45) is -8.58. The third-order valence-electron chi connectivity index (χ3n) is 7.68. The minimum absolute atomic E-state index is 0.0150. The Labute approximate surface area is 260 Å². The molecule has 1 aliphatic carbocycles. The Bertz CT molecular complexity index is 1590. The summed E-state index contributed by atoms with van der Waals surface area (Å²) in [6, 6.07) is 1.47. The van der Waals surface area contributed by atoms with Gasteiger partial charge in [-0.15, -0.1) is 0 Å². The smallest absolute Gasteiger partial charge is 0.417 e. The van der Waals surface area contributed by atoms with E-state index in [4.69, 9.17) is 10.5 Å². The quantitative estimate of drug-likeness (QED) is 0.217.